The first-order valence-electron chi connectivity index (χ1n) is 7.35. The molecule has 0 aliphatic carbocycles. The van der Waals surface area contributed by atoms with Crippen molar-refractivity contribution in [2.75, 3.05) is 11.1 Å². The van der Waals surface area contributed by atoms with Gasteiger partial charge in [-0.3, -0.25) is 9.89 Å². The standard InChI is InChI=1S/C15H12N6OS3/c22-13(16-10-4-1-5-11-14(10)21-25-20-11)8-24-15-17-12(18-19-15)7-9-3-2-6-23-9/h1-6H,7-8H2,(H,16,22)(H,17,18,19). The molecule has 0 aliphatic rings. The van der Waals surface area contributed by atoms with Crippen LogP contribution in [0.1, 0.15) is 10.7 Å². The van der Waals surface area contributed by atoms with Gasteiger partial charge in [0, 0.05) is 11.3 Å². The van der Waals surface area contributed by atoms with Crippen molar-refractivity contribution in [2.45, 2.75) is 11.6 Å². The fourth-order valence-corrected chi connectivity index (χ4v) is 4.10. The van der Waals surface area contributed by atoms with Gasteiger partial charge in [-0.25, -0.2) is 4.98 Å². The van der Waals surface area contributed by atoms with E-state index >= 15 is 0 Å². The van der Waals surface area contributed by atoms with Gasteiger partial charge in [-0.1, -0.05) is 23.9 Å². The van der Waals surface area contributed by atoms with Crippen LogP contribution in [0, 0.1) is 0 Å². The van der Waals surface area contributed by atoms with Crippen LogP contribution >= 0.6 is 34.8 Å². The Morgan fingerprint density at radius 3 is 3.08 bits per heavy atom. The zero-order valence-electron chi connectivity index (χ0n) is 12.8. The number of nitrogens with one attached hydrogen (secondary N) is 2. The third-order valence-electron chi connectivity index (χ3n) is 3.33. The molecule has 3 aromatic heterocycles. The Labute approximate surface area is 155 Å². The Hall–Kier alpha value is -2.30. The van der Waals surface area contributed by atoms with Crippen molar-refractivity contribution in [3.05, 3.63) is 46.4 Å². The van der Waals surface area contributed by atoms with Crippen LogP contribution in [-0.2, 0) is 11.2 Å². The molecule has 0 radical (unpaired) electrons. The number of fused-ring (bicyclic) bond motifs is 1. The van der Waals surface area contributed by atoms with Crippen LogP contribution in [0.5, 0.6) is 0 Å². The zero-order valence-corrected chi connectivity index (χ0v) is 15.2. The summed E-state index contributed by atoms with van der Waals surface area (Å²) < 4.78 is 8.37. The number of aromatic nitrogens is 5. The summed E-state index contributed by atoms with van der Waals surface area (Å²) in [6.07, 6.45) is 0.718. The molecule has 0 aliphatic heterocycles. The molecule has 126 valence electrons. The highest BCUT2D eigenvalue weighted by atomic mass is 32.2. The number of benzene rings is 1. The maximum absolute atomic E-state index is 12.2. The van der Waals surface area contributed by atoms with E-state index in [0.717, 1.165) is 29.5 Å². The van der Waals surface area contributed by atoms with Gasteiger partial charge in [0.2, 0.25) is 11.1 Å². The van der Waals surface area contributed by atoms with E-state index in [4.69, 9.17) is 0 Å². The summed E-state index contributed by atoms with van der Waals surface area (Å²) in [5.41, 5.74) is 2.16. The van der Waals surface area contributed by atoms with Crippen molar-refractivity contribution >= 4 is 57.5 Å². The van der Waals surface area contributed by atoms with Crippen LogP contribution in [0.25, 0.3) is 11.0 Å². The van der Waals surface area contributed by atoms with Gasteiger partial charge in [0.1, 0.15) is 16.9 Å². The summed E-state index contributed by atoms with van der Waals surface area (Å²) in [7, 11) is 0. The van der Waals surface area contributed by atoms with Crippen molar-refractivity contribution in [3.63, 3.8) is 0 Å². The molecule has 0 atom stereocenters. The average molecular weight is 389 g/mol. The quantitative estimate of drug-likeness (QED) is 0.493. The Bertz CT molecular complexity index is 994. The molecule has 0 unspecified atom stereocenters. The molecule has 0 bridgehead atoms. The minimum Gasteiger partial charge on any atom is -0.323 e. The SMILES string of the molecule is O=C(CSc1n[nH]c(Cc2cccs2)n1)Nc1cccc2nsnc12. The number of amides is 1. The first-order valence-corrected chi connectivity index (χ1v) is 9.95. The second-order valence-corrected chi connectivity index (χ2v) is 7.60. The van der Waals surface area contributed by atoms with Gasteiger partial charge in [0.15, 0.2) is 0 Å². The highest BCUT2D eigenvalue weighted by Gasteiger charge is 2.11. The minimum atomic E-state index is -0.130. The van der Waals surface area contributed by atoms with E-state index in [9.17, 15) is 4.79 Å². The maximum Gasteiger partial charge on any atom is 0.234 e. The van der Waals surface area contributed by atoms with E-state index < -0.39 is 0 Å². The highest BCUT2D eigenvalue weighted by Crippen LogP contribution is 2.22. The van der Waals surface area contributed by atoms with Crippen molar-refractivity contribution < 1.29 is 4.79 Å². The van der Waals surface area contributed by atoms with Crippen LogP contribution in [0.15, 0.2) is 40.9 Å². The van der Waals surface area contributed by atoms with Crippen LogP contribution in [0.3, 0.4) is 0 Å². The third-order valence-corrected chi connectivity index (χ3v) is 5.59. The first-order chi connectivity index (χ1) is 12.3. The number of anilines is 1. The number of aromatic amines is 1. The van der Waals surface area contributed by atoms with Crippen molar-refractivity contribution in [1.82, 2.24) is 23.9 Å². The monoisotopic (exact) mass is 388 g/mol. The normalized spacial score (nSPS) is 11.0. The predicted molar refractivity (Wildman–Crippen MR) is 100 cm³/mol. The molecule has 4 aromatic rings. The number of hydrogen-bond acceptors (Lipinski definition) is 8. The molecular formula is C15H12N6OS3. The van der Waals surface area contributed by atoms with Gasteiger partial charge < -0.3 is 5.32 Å². The molecule has 3 heterocycles. The summed E-state index contributed by atoms with van der Waals surface area (Å²) in [5, 5.41) is 12.5. The van der Waals surface area contributed by atoms with Crippen LogP contribution < -0.4 is 5.32 Å². The lowest BCUT2D eigenvalue weighted by Gasteiger charge is -2.04. The molecular weight excluding hydrogens is 376 g/mol. The zero-order chi connectivity index (χ0) is 17.1. The fraction of sp³-hybridized carbons (Fsp3) is 0.133. The second-order valence-electron chi connectivity index (χ2n) is 5.10. The number of thioether (sulfide) groups is 1. The molecule has 0 saturated carbocycles. The number of H-pyrrole nitrogens is 1. The number of nitrogens with zero attached hydrogens (tertiary/aromatic N) is 4. The highest BCUT2D eigenvalue weighted by molar-refractivity contribution is 7.99. The van der Waals surface area contributed by atoms with Crippen molar-refractivity contribution in [3.8, 4) is 0 Å². The number of carbonyl (C=O) groups excluding carboxylic acids is 1. The molecule has 0 fully saturated rings. The summed E-state index contributed by atoms with van der Waals surface area (Å²) in [4.78, 5) is 17.8. The molecule has 0 spiro atoms. The van der Waals surface area contributed by atoms with Crippen LogP contribution in [0.4, 0.5) is 5.69 Å². The predicted octanol–water partition coefficient (Wildman–Crippen LogP) is 3.19. The van der Waals surface area contributed by atoms with Crippen molar-refractivity contribution in [2.24, 2.45) is 0 Å². The minimum absolute atomic E-state index is 0.130. The molecule has 4 rings (SSSR count). The van der Waals surface area contributed by atoms with E-state index in [1.54, 1.807) is 11.3 Å². The fourth-order valence-electron chi connectivity index (χ4n) is 2.22. The van der Waals surface area contributed by atoms with E-state index in [2.05, 4.69) is 35.3 Å². The summed E-state index contributed by atoms with van der Waals surface area (Å²) >= 11 is 4.10. The Balaban J connectivity index is 1.34. The van der Waals surface area contributed by atoms with E-state index in [1.165, 1.54) is 16.6 Å². The average Bonchev–Trinajstić information content (AvgIpc) is 3.35. The summed E-state index contributed by atoms with van der Waals surface area (Å²) in [6, 6.07) is 9.60. The lowest BCUT2D eigenvalue weighted by Crippen LogP contribution is -2.14. The molecule has 25 heavy (non-hydrogen) atoms. The third kappa shape index (κ3) is 3.86. The number of thiophene rings is 1. The number of carbonyl (C=O) groups is 1. The lowest BCUT2D eigenvalue weighted by molar-refractivity contribution is -0.113. The Morgan fingerprint density at radius 1 is 1.24 bits per heavy atom. The lowest BCUT2D eigenvalue weighted by atomic mass is 10.2. The molecule has 0 saturated heterocycles. The van der Waals surface area contributed by atoms with E-state index in [1.807, 2.05) is 29.6 Å². The van der Waals surface area contributed by atoms with E-state index in [-0.39, 0.29) is 11.7 Å². The molecule has 2 N–H and O–H groups in total. The van der Waals surface area contributed by atoms with Gasteiger partial charge >= 0.3 is 0 Å². The van der Waals surface area contributed by atoms with Gasteiger partial charge in [-0.15, -0.1) is 16.4 Å². The van der Waals surface area contributed by atoms with E-state index in [0.29, 0.717) is 16.4 Å². The number of rotatable bonds is 6. The molecule has 7 nitrogen and oxygen atoms in total. The molecule has 1 aromatic carbocycles. The maximum atomic E-state index is 12.2. The van der Waals surface area contributed by atoms with Crippen LogP contribution in [0.2, 0.25) is 0 Å². The molecule has 10 heteroatoms. The second kappa shape index (κ2) is 7.30. The van der Waals surface area contributed by atoms with Gasteiger partial charge in [-0.2, -0.15) is 8.75 Å². The van der Waals surface area contributed by atoms with Gasteiger partial charge in [0.25, 0.3) is 0 Å². The summed E-state index contributed by atoms with van der Waals surface area (Å²) in [5.74, 6) is 0.892. The molecule has 1 amide bonds. The number of hydrogen-bond donors (Lipinski definition) is 2. The Morgan fingerprint density at radius 2 is 2.20 bits per heavy atom. The van der Waals surface area contributed by atoms with Gasteiger partial charge in [-0.05, 0) is 23.6 Å². The Kier molecular flexibility index (Phi) is 4.72. The van der Waals surface area contributed by atoms with Gasteiger partial charge in [0.05, 0.1) is 23.2 Å². The van der Waals surface area contributed by atoms with Crippen molar-refractivity contribution in [1.29, 1.82) is 0 Å². The topological polar surface area (TPSA) is 96.5 Å². The largest absolute Gasteiger partial charge is 0.323 e. The first kappa shape index (κ1) is 16.2. The summed E-state index contributed by atoms with van der Waals surface area (Å²) in [6.45, 7) is 0. The smallest absolute Gasteiger partial charge is 0.234 e. The van der Waals surface area contributed by atoms with Crippen LogP contribution in [-0.4, -0.2) is 35.6 Å².